The molecule has 0 aromatic carbocycles. The molecule has 1 heterocycles. The highest BCUT2D eigenvalue weighted by atomic mass is 16.3. The van der Waals surface area contributed by atoms with Crippen LogP contribution >= 0.6 is 0 Å². The fourth-order valence-electron chi connectivity index (χ4n) is 9.25. The highest BCUT2D eigenvalue weighted by Gasteiger charge is 2.59. The Bertz CT molecular complexity index is 668. The number of likely N-dealkylation sites (tertiary alicyclic amines) is 1. The molecule has 0 radical (unpaired) electrons. The molecule has 1 saturated heterocycles. The van der Waals surface area contributed by atoms with Gasteiger partial charge < -0.3 is 15.1 Å². The van der Waals surface area contributed by atoms with E-state index in [1.54, 1.807) is 5.57 Å². The molecule has 4 fully saturated rings. The summed E-state index contributed by atoms with van der Waals surface area (Å²) in [4.78, 5) is 2.63. The molecule has 3 saturated carbocycles. The summed E-state index contributed by atoms with van der Waals surface area (Å²) in [7, 11) is 0. The molecule has 1 aliphatic heterocycles. The fourth-order valence-corrected chi connectivity index (χ4v) is 9.25. The zero-order chi connectivity index (χ0) is 21.1. The molecule has 3 heteroatoms. The molecule has 1 unspecified atom stereocenters. The van der Waals surface area contributed by atoms with Crippen molar-refractivity contribution in [2.24, 2.45) is 40.4 Å². The number of hydrogen-bond acceptors (Lipinski definition) is 3. The van der Waals surface area contributed by atoms with Gasteiger partial charge in [0.15, 0.2) is 0 Å². The van der Waals surface area contributed by atoms with Gasteiger partial charge in [0.25, 0.3) is 0 Å². The number of aliphatic hydroxyl groups excluding tert-OH is 2. The standard InChI is InChI=1S/C27H45NO2/c1-18(17-28-14-10-20(29)11-15-28)23-6-7-24-22-5-4-19-16-21(30)8-12-26(19,2)25(22)9-13-27(23,24)3/h4,18,20-25,29-30H,5-17H2,1-3H3/t18-,21?,22+,23-,24+,25+,26+,27-/m1/s1. The van der Waals surface area contributed by atoms with Gasteiger partial charge in [-0.2, -0.15) is 0 Å². The highest BCUT2D eigenvalue weighted by Crippen LogP contribution is 2.67. The van der Waals surface area contributed by atoms with Crippen molar-refractivity contribution in [3.63, 3.8) is 0 Å². The van der Waals surface area contributed by atoms with Crippen molar-refractivity contribution < 1.29 is 10.2 Å². The second-order valence-electron chi connectivity index (χ2n) is 12.4. The molecule has 0 aromatic rings. The predicted octanol–water partition coefficient (Wildman–Crippen LogP) is 5.02. The number of piperidine rings is 1. The van der Waals surface area contributed by atoms with Gasteiger partial charge in [0, 0.05) is 19.6 Å². The Morgan fingerprint density at radius 3 is 2.50 bits per heavy atom. The highest BCUT2D eigenvalue weighted by molar-refractivity contribution is 5.25. The van der Waals surface area contributed by atoms with Crippen LogP contribution in [0.2, 0.25) is 0 Å². The Labute approximate surface area is 184 Å². The van der Waals surface area contributed by atoms with Gasteiger partial charge in [0.05, 0.1) is 12.2 Å². The molecule has 170 valence electrons. The summed E-state index contributed by atoms with van der Waals surface area (Å²) in [5, 5.41) is 20.1. The van der Waals surface area contributed by atoms with Gasteiger partial charge in [-0.15, -0.1) is 0 Å². The van der Waals surface area contributed by atoms with E-state index < -0.39 is 0 Å². The molecule has 0 bridgehead atoms. The maximum Gasteiger partial charge on any atom is 0.0577 e. The van der Waals surface area contributed by atoms with Crippen molar-refractivity contribution in [2.45, 2.75) is 97.2 Å². The number of hydrogen-bond donors (Lipinski definition) is 2. The second-order valence-corrected chi connectivity index (χ2v) is 12.4. The maximum atomic E-state index is 10.2. The lowest BCUT2D eigenvalue weighted by atomic mass is 9.47. The predicted molar refractivity (Wildman–Crippen MR) is 122 cm³/mol. The van der Waals surface area contributed by atoms with Crippen molar-refractivity contribution in [3.05, 3.63) is 11.6 Å². The van der Waals surface area contributed by atoms with Crippen molar-refractivity contribution in [1.29, 1.82) is 0 Å². The molecule has 0 spiro atoms. The van der Waals surface area contributed by atoms with E-state index in [4.69, 9.17) is 0 Å². The number of allylic oxidation sites excluding steroid dienone is 1. The lowest BCUT2D eigenvalue weighted by molar-refractivity contribution is -0.0593. The molecule has 2 N–H and O–H groups in total. The van der Waals surface area contributed by atoms with Gasteiger partial charge in [-0.3, -0.25) is 0 Å². The quantitative estimate of drug-likeness (QED) is 0.636. The molecule has 4 aliphatic carbocycles. The van der Waals surface area contributed by atoms with Crippen LogP contribution in [-0.4, -0.2) is 47.0 Å². The van der Waals surface area contributed by atoms with Crippen LogP contribution in [0.25, 0.3) is 0 Å². The van der Waals surface area contributed by atoms with Crippen LogP contribution in [0.4, 0.5) is 0 Å². The molecular weight excluding hydrogens is 370 g/mol. The van der Waals surface area contributed by atoms with E-state index in [0.29, 0.717) is 10.8 Å². The first-order chi connectivity index (χ1) is 14.3. The van der Waals surface area contributed by atoms with E-state index in [9.17, 15) is 10.2 Å². The van der Waals surface area contributed by atoms with Crippen LogP contribution in [0.3, 0.4) is 0 Å². The van der Waals surface area contributed by atoms with Crippen molar-refractivity contribution >= 4 is 0 Å². The van der Waals surface area contributed by atoms with E-state index in [1.807, 2.05) is 0 Å². The molecule has 0 aromatic heterocycles. The van der Waals surface area contributed by atoms with E-state index in [1.165, 1.54) is 45.1 Å². The number of nitrogens with zero attached hydrogens (tertiary/aromatic N) is 1. The average Bonchev–Trinajstić information content (AvgIpc) is 3.07. The minimum absolute atomic E-state index is 0.0632. The third-order valence-corrected chi connectivity index (χ3v) is 10.9. The molecule has 5 aliphatic rings. The van der Waals surface area contributed by atoms with Crippen LogP contribution in [0.1, 0.15) is 85.0 Å². The Kier molecular flexibility index (Phi) is 5.64. The normalized spacial score (nSPS) is 48.4. The third kappa shape index (κ3) is 3.42. The first kappa shape index (κ1) is 21.5. The minimum Gasteiger partial charge on any atom is -0.393 e. The first-order valence-electron chi connectivity index (χ1n) is 13.1. The SMILES string of the molecule is C[C@H](CN1CCC(O)CC1)[C@H]1CC[C@H]2[C@@H]3CC=C4CC(O)CC[C@]4(C)[C@H]3CC[C@]12C. The summed E-state index contributed by atoms with van der Waals surface area (Å²) in [6.07, 6.45) is 14.4. The number of rotatable bonds is 3. The van der Waals surface area contributed by atoms with Crippen molar-refractivity contribution in [2.75, 3.05) is 19.6 Å². The van der Waals surface area contributed by atoms with Crippen LogP contribution in [0.15, 0.2) is 11.6 Å². The molecule has 5 rings (SSSR count). The molecule has 30 heavy (non-hydrogen) atoms. The summed E-state index contributed by atoms with van der Waals surface area (Å²) in [6.45, 7) is 11.1. The van der Waals surface area contributed by atoms with Gasteiger partial charge in [0.2, 0.25) is 0 Å². The Balaban J connectivity index is 1.30. The Morgan fingerprint density at radius 2 is 1.73 bits per heavy atom. The van der Waals surface area contributed by atoms with Gasteiger partial charge >= 0.3 is 0 Å². The zero-order valence-corrected chi connectivity index (χ0v) is 19.7. The fraction of sp³-hybridized carbons (Fsp3) is 0.926. The average molecular weight is 416 g/mol. The number of aliphatic hydroxyl groups is 2. The Hall–Kier alpha value is -0.380. The van der Waals surface area contributed by atoms with Gasteiger partial charge in [-0.1, -0.05) is 32.4 Å². The smallest absolute Gasteiger partial charge is 0.0577 e. The van der Waals surface area contributed by atoms with Crippen LogP contribution in [0, 0.1) is 40.4 Å². The van der Waals surface area contributed by atoms with Crippen LogP contribution in [-0.2, 0) is 0 Å². The lowest BCUT2D eigenvalue weighted by Gasteiger charge is -2.58. The monoisotopic (exact) mass is 415 g/mol. The summed E-state index contributed by atoms with van der Waals surface area (Å²) in [6, 6.07) is 0. The molecule has 8 atom stereocenters. The summed E-state index contributed by atoms with van der Waals surface area (Å²) < 4.78 is 0. The van der Waals surface area contributed by atoms with E-state index in [2.05, 4.69) is 31.7 Å². The van der Waals surface area contributed by atoms with Crippen molar-refractivity contribution in [1.82, 2.24) is 4.90 Å². The zero-order valence-electron chi connectivity index (χ0n) is 19.7. The largest absolute Gasteiger partial charge is 0.393 e. The van der Waals surface area contributed by atoms with Gasteiger partial charge in [-0.05, 0) is 105 Å². The topological polar surface area (TPSA) is 43.7 Å². The van der Waals surface area contributed by atoms with Gasteiger partial charge in [-0.25, -0.2) is 0 Å². The van der Waals surface area contributed by atoms with Gasteiger partial charge in [0.1, 0.15) is 0 Å². The second kappa shape index (κ2) is 7.89. The maximum absolute atomic E-state index is 10.2. The molecule has 0 amide bonds. The Morgan fingerprint density at radius 1 is 0.967 bits per heavy atom. The minimum atomic E-state index is -0.0951. The van der Waals surface area contributed by atoms with E-state index >= 15 is 0 Å². The summed E-state index contributed by atoms with van der Waals surface area (Å²) in [5.74, 6) is 4.24. The number of fused-ring (bicyclic) bond motifs is 5. The first-order valence-corrected chi connectivity index (χ1v) is 13.1. The van der Waals surface area contributed by atoms with Crippen molar-refractivity contribution in [3.8, 4) is 0 Å². The third-order valence-electron chi connectivity index (χ3n) is 10.9. The van der Waals surface area contributed by atoms with E-state index in [-0.39, 0.29) is 12.2 Å². The van der Waals surface area contributed by atoms with Crippen LogP contribution < -0.4 is 0 Å². The molecule has 3 nitrogen and oxygen atoms in total. The van der Waals surface area contributed by atoms with Crippen LogP contribution in [0.5, 0.6) is 0 Å². The molecular formula is C27H45NO2. The summed E-state index contributed by atoms with van der Waals surface area (Å²) in [5.41, 5.74) is 2.48. The lowest BCUT2D eigenvalue weighted by Crippen LogP contribution is -2.51. The summed E-state index contributed by atoms with van der Waals surface area (Å²) >= 11 is 0. The van der Waals surface area contributed by atoms with E-state index in [0.717, 1.165) is 68.4 Å².